The lowest BCUT2D eigenvalue weighted by Gasteiger charge is -2.47. The number of ether oxygens (including phenoxy) is 1. The van der Waals surface area contributed by atoms with Gasteiger partial charge in [0.25, 0.3) is 5.91 Å². The maximum Gasteiger partial charge on any atom is 0.416 e. The van der Waals surface area contributed by atoms with Gasteiger partial charge in [0.1, 0.15) is 5.54 Å². The number of aliphatic hydroxyl groups is 1. The van der Waals surface area contributed by atoms with Crippen molar-refractivity contribution >= 4 is 11.9 Å². The van der Waals surface area contributed by atoms with E-state index in [-0.39, 0.29) is 50.8 Å². The third kappa shape index (κ3) is 5.61. The van der Waals surface area contributed by atoms with E-state index in [9.17, 15) is 41.0 Å². The zero-order chi connectivity index (χ0) is 28.6. The number of carbonyl (C=O) groups is 2. The summed E-state index contributed by atoms with van der Waals surface area (Å²) in [5.74, 6) is -0.520. The van der Waals surface area contributed by atoms with Gasteiger partial charge < -0.3 is 20.1 Å². The molecule has 0 radical (unpaired) electrons. The molecule has 7 nitrogen and oxygen atoms in total. The molecule has 1 unspecified atom stereocenters. The van der Waals surface area contributed by atoms with Crippen LogP contribution < -0.4 is 10.6 Å². The van der Waals surface area contributed by atoms with Crippen molar-refractivity contribution in [2.24, 2.45) is 0 Å². The van der Waals surface area contributed by atoms with E-state index in [0.29, 0.717) is 12.1 Å². The maximum atomic E-state index is 13.4. The van der Waals surface area contributed by atoms with Gasteiger partial charge in [-0.1, -0.05) is 30.3 Å². The number of urea groups is 1. The fraction of sp³-hybridized carbons (Fsp3) is 0.462. The van der Waals surface area contributed by atoms with Gasteiger partial charge in [0.05, 0.1) is 36.0 Å². The summed E-state index contributed by atoms with van der Waals surface area (Å²) in [6.45, 7) is 0.775. The molecule has 0 saturated carbocycles. The van der Waals surface area contributed by atoms with Gasteiger partial charge in [0.2, 0.25) is 0 Å². The molecule has 212 valence electrons. The van der Waals surface area contributed by atoms with Crippen LogP contribution >= 0.6 is 0 Å². The average molecular weight is 560 g/mol. The highest BCUT2D eigenvalue weighted by molar-refractivity contribution is 6.07. The minimum absolute atomic E-state index is 0.0149. The number of benzene rings is 2. The number of halogens is 6. The highest BCUT2D eigenvalue weighted by Crippen LogP contribution is 2.41. The second-order valence-corrected chi connectivity index (χ2v) is 9.76. The second kappa shape index (κ2) is 10.4. The first-order chi connectivity index (χ1) is 18.2. The van der Waals surface area contributed by atoms with Gasteiger partial charge in [-0.15, -0.1) is 0 Å². The predicted octanol–water partition coefficient (Wildman–Crippen LogP) is 4.36. The summed E-state index contributed by atoms with van der Waals surface area (Å²) in [5.41, 5.74) is -4.65. The van der Waals surface area contributed by atoms with Gasteiger partial charge in [0, 0.05) is 13.1 Å². The van der Waals surface area contributed by atoms with E-state index in [1.807, 2.05) is 0 Å². The summed E-state index contributed by atoms with van der Waals surface area (Å²) in [4.78, 5) is 26.3. The number of β-amino-alcohol motifs (C(OH)–C–C–N with tert-alkyl or cyclic N) is 1. The van der Waals surface area contributed by atoms with Gasteiger partial charge in [-0.05, 0) is 49.1 Å². The van der Waals surface area contributed by atoms with E-state index >= 15 is 0 Å². The zero-order valence-electron chi connectivity index (χ0n) is 20.8. The first-order valence-corrected chi connectivity index (χ1v) is 12.2. The molecular weight excluding hydrogens is 532 g/mol. The third-order valence-electron chi connectivity index (χ3n) is 7.40. The molecule has 13 heteroatoms. The third-order valence-corrected chi connectivity index (χ3v) is 7.40. The molecule has 0 aliphatic carbocycles. The molecule has 4 rings (SSSR count). The lowest BCUT2D eigenvalue weighted by atomic mass is 9.75. The molecule has 2 saturated heterocycles. The van der Waals surface area contributed by atoms with Gasteiger partial charge in [-0.2, -0.15) is 26.3 Å². The molecule has 3 N–H and O–H groups in total. The molecule has 0 aromatic heterocycles. The Morgan fingerprint density at radius 1 is 1.00 bits per heavy atom. The van der Waals surface area contributed by atoms with E-state index in [4.69, 9.17) is 4.74 Å². The number of imide groups is 1. The van der Waals surface area contributed by atoms with Crippen molar-refractivity contribution in [2.75, 3.05) is 26.3 Å². The number of hydrogen-bond donors (Lipinski definition) is 3. The van der Waals surface area contributed by atoms with Gasteiger partial charge >= 0.3 is 18.4 Å². The number of amides is 3. The number of nitrogens with zero attached hydrogens (tertiary/aromatic N) is 1. The van der Waals surface area contributed by atoms with Crippen LogP contribution in [0.15, 0.2) is 48.5 Å². The van der Waals surface area contributed by atoms with E-state index in [2.05, 4.69) is 10.6 Å². The number of rotatable bonds is 7. The second-order valence-electron chi connectivity index (χ2n) is 9.76. The molecule has 2 aliphatic heterocycles. The summed E-state index contributed by atoms with van der Waals surface area (Å²) < 4.78 is 86.0. The smallest absolute Gasteiger partial charge is 0.395 e. The summed E-state index contributed by atoms with van der Waals surface area (Å²) in [5, 5.41) is 14.9. The Morgan fingerprint density at radius 2 is 1.62 bits per heavy atom. The average Bonchev–Trinajstić information content (AvgIpc) is 3.11. The Labute approximate surface area is 220 Å². The number of hydrogen-bond acceptors (Lipinski definition) is 5. The highest BCUT2D eigenvalue weighted by Gasteiger charge is 2.56. The fourth-order valence-electron chi connectivity index (χ4n) is 5.14. The SMILES string of the molecule is C[C@@H](OC[C@@]1(c2ccccc2)CCC2(CN1)C(=O)NC(=O)N2CCO)c1cc(C(F)(F)F)cc(C(F)(F)F)c1. The standard InChI is InChI=1S/C26H27F6N3O4/c1-16(17-11-19(25(27,28)29)13-20(12-17)26(30,31)32)39-15-23(18-5-3-2-4-6-18)7-8-24(14-33-23)21(37)34-22(38)35(24)9-10-36/h2-6,11-13,16,33,36H,7-10,14-15H2,1H3,(H,34,37,38)/t16-,23-,24?/m1/s1. The van der Waals surface area contributed by atoms with E-state index in [0.717, 1.165) is 5.56 Å². The van der Waals surface area contributed by atoms with Gasteiger partial charge in [-0.25, -0.2) is 4.79 Å². The summed E-state index contributed by atoms with van der Waals surface area (Å²) in [6, 6.07) is 9.59. The number of nitrogens with one attached hydrogen (secondary N) is 2. The van der Waals surface area contributed by atoms with Crippen molar-refractivity contribution < 1.29 is 45.8 Å². The van der Waals surface area contributed by atoms with Crippen LogP contribution in [-0.2, 0) is 27.4 Å². The van der Waals surface area contributed by atoms with Crippen LogP contribution in [0, 0.1) is 0 Å². The van der Waals surface area contributed by atoms with Gasteiger partial charge in [0.15, 0.2) is 0 Å². The van der Waals surface area contributed by atoms with Crippen LogP contribution in [-0.4, -0.2) is 53.8 Å². The molecule has 2 aliphatic rings. The number of alkyl halides is 6. The van der Waals surface area contributed by atoms with Crippen LogP contribution in [0.3, 0.4) is 0 Å². The molecular formula is C26H27F6N3O4. The molecule has 39 heavy (non-hydrogen) atoms. The van der Waals surface area contributed by atoms with Crippen molar-refractivity contribution in [2.45, 2.75) is 49.3 Å². The maximum absolute atomic E-state index is 13.4. The zero-order valence-corrected chi connectivity index (χ0v) is 20.8. The number of carbonyl (C=O) groups excluding carboxylic acids is 2. The number of piperidine rings is 1. The predicted molar refractivity (Wildman–Crippen MR) is 126 cm³/mol. The van der Waals surface area contributed by atoms with Crippen LogP contribution in [0.2, 0.25) is 0 Å². The van der Waals surface area contributed by atoms with Crippen LogP contribution in [0.1, 0.15) is 48.1 Å². The lowest BCUT2D eigenvalue weighted by molar-refractivity contribution is -0.143. The molecule has 2 heterocycles. The Hall–Kier alpha value is -3.16. The van der Waals surface area contributed by atoms with Crippen molar-refractivity contribution in [3.63, 3.8) is 0 Å². The minimum atomic E-state index is -4.99. The van der Waals surface area contributed by atoms with Crippen molar-refractivity contribution in [3.8, 4) is 0 Å². The highest BCUT2D eigenvalue weighted by atomic mass is 19.4. The summed E-state index contributed by atoms with van der Waals surface area (Å²) in [6.07, 6.45) is -10.7. The molecule has 0 bridgehead atoms. The Bertz CT molecular complexity index is 1180. The molecule has 3 amide bonds. The van der Waals surface area contributed by atoms with Gasteiger partial charge in [-0.3, -0.25) is 10.1 Å². The Balaban J connectivity index is 1.61. The Morgan fingerprint density at radius 3 is 2.13 bits per heavy atom. The van der Waals surface area contributed by atoms with Crippen molar-refractivity contribution in [1.82, 2.24) is 15.5 Å². The van der Waals surface area contributed by atoms with Crippen LogP contribution in [0.25, 0.3) is 0 Å². The van der Waals surface area contributed by atoms with Crippen LogP contribution in [0.4, 0.5) is 31.1 Å². The Kier molecular flexibility index (Phi) is 7.71. The largest absolute Gasteiger partial charge is 0.416 e. The van der Waals surface area contributed by atoms with Crippen molar-refractivity contribution in [1.29, 1.82) is 0 Å². The van der Waals surface area contributed by atoms with E-state index < -0.39 is 52.6 Å². The summed E-state index contributed by atoms with van der Waals surface area (Å²) >= 11 is 0. The van der Waals surface area contributed by atoms with Crippen LogP contribution in [0.5, 0.6) is 0 Å². The minimum Gasteiger partial charge on any atom is -0.395 e. The van der Waals surface area contributed by atoms with Crippen molar-refractivity contribution in [3.05, 3.63) is 70.8 Å². The number of aliphatic hydroxyl groups excluding tert-OH is 1. The normalized spacial score (nSPS) is 24.8. The fourth-order valence-corrected chi connectivity index (χ4v) is 5.14. The molecule has 1 spiro atoms. The van der Waals surface area contributed by atoms with E-state index in [1.54, 1.807) is 30.3 Å². The molecule has 3 atom stereocenters. The van der Waals surface area contributed by atoms with E-state index in [1.165, 1.54) is 11.8 Å². The first-order valence-electron chi connectivity index (χ1n) is 12.2. The topological polar surface area (TPSA) is 90.9 Å². The first kappa shape index (κ1) is 28.8. The molecule has 2 aromatic rings. The molecule has 2 fully saturated rings. The summed E-state index contributed by atoms with van der Waals surface area (Å²) in [7, 11) is 0. The quantitative estimate of drug-likeness (QED) is 0.347. The molecule has 2 aromatic carbocycles. The lowest BCUT2D eigenvalue weighted by Crippen LogP contribution is -2.65. The monoisotopic (exact) mass is 559 g/mol.